The number of piperazine rings is 1. The Balaban J connectivity index is 1.28. The maximum atomic E-state index is 13.0. The van der Waals surface area contributed by atoms with Gasteiger partial charge in [-0.25, -0.2) is 0 Å². The molecular formula is C24H32N3O2S+. The lowest BCUT2D eigenvalue weighted by molar-refractivity contribution is -0.895. The molecule has 2 aromatic rings. The normalized spacial score (nSPS) is 19.4. The predicted molar refractivity (Wildman–Crippen MR) is 121 cm³/mol. The fraction of sp³-hybridized carbons (Fsp3) is 0.500. The Hall–Kier alpha value is -2.18. The van der Waals surface area contributed by atoms with Gasteiger partial charge in [-0.15, -0.1) is 11.3 Å². The van der Waals surface area contributed by atoms with Crippen LogP contribution in [0.2, 0.25) is 0 Å². The Morgan fingerprint density at radius 1 is 1.23 bits per heavy atom. The molecule has 6 heteroatoms. The van der Waals surface area contributed by atoms with Crippen molar-refractivity contribution in [1.29, 1.82) is 0 Å². The number of carbonyl (C=O) groups excluding carboxylic acids is 2. The van der Waals surface area contributed by atoms with Crippen LogP contribution >= 0.6 is 11.3 Å². The molecule has 1 saturated heterocycles. The summed E-state index contributed by atoms with van der Waals surface area (Å²) >= 11 is 1.69. The Morgan fingerprint density at radius 3 is 2.77 bits per heavy atom. The molecule has 1 aromatic heterocycles. The van der Waals surface area contributed by atoms with Crippen molar-refractivity contribution in [2.45, 2.75) is 39.5 Å². The standard InChI is InChI=1S/C24H31N3O2S/c1-3-18-6-4-5-7-20(18)25-23(28)16-26-10-12-27(13-11-26)24(29)22-15-19-14-17(2)8-9-21(19)30-22/h4-7,15,17H,3,8-14,16H2,1-2H3,(H,25,28)/p+1/t17-/m0/s1. The highest BCUT2D eigenvalue weighted by Gasteiger charge is 2.28. The lowest BCUT2D eigenvalue weighted by atomic mass is 9.90. The topological polar surface area (TPSA) is 53.9 Å². The maximum absolute atomic E-state index is 13.0. The molecule has 1 aliphatic heterocycles. The van der Waals surface area contributed by atoms with Crippen LogP contribution in [0.5, 0.6) is 0 Å². The average molecular weight is 427 g/mol. The molecule has 1 atom stereocenters. The van der Waals surface area contributed by atoms with E-state index >= 15 is 0 Å². The van der Waals surface area contributed by atoms with Gasteiger partial charge in [-0.1, -0.05) is 32.0 Å². The first-order valence-corrected chi connectivity index (χ1v) is 12.0. The highest BCUT2D eigenvalue weighted by atomic mass is 32.1. The summed E-state index contributed by atoms with van der Waals surface area (Å²) in [5.41, 5.74) is 3.45. The first-order chi connectivity index (χ1) is 14.5. The van der Waals surface area contributed by atoms with Crippen molar-refractivity contribution in [3.05, 3.63) is 51.2 Å². The van der Waals surface area contributed by atoms with Gasteiger partial charge in [0.05, 0.1) is 31.1 Å². The summed E-state index contributed by atoms with van der Waals surface area (Å²) in [5, 5.41) is 3.06. The van der Waals surface area contributed by atoms with Crippen molar-refractivity contribution in [3.8, 4) is 0 Å². The first kappa shape index (κ1) is 21.1. The largest absolute Gasteiger partial charge is 0.327 e. The Morgan fingerprint density at radius 2 is 2.00 bits per heavy atom. The highest BCUT2D eigenvalue weighted by molar-refractivity contribution is 7.14. The molecule has 2 aliphatic rings. The van der Waals surface area contributed by atoms with E-state index in [0.29, 0.717) is 19.6 Å². The second-order valence-corrected chi connectivity index (χ2v) is 9.82. The number of amides is 2. The molecule has 4 rings (SSSR count). The monoisotopic (exact) mass is 426 g/mol. The van der Waals surface area contributed by atoms with Crippen LogP contribution in [0.3, 0.4) is 0 Å². The number of benzene rings is 1. The Labute approximate surface area is 183 Å². The van der Waals surface area contributed by atoms with Crippen LogP contribution in [0.15, 0.2) is 30.3 Å². The summed E-state index contributed by atoms with van der Waals surface area (Å²) in [6.45, 7) is 7.90. The molecular weight excluding hydrogens is 394 g/mol. The van der Waals surface area contributed by atoms with Gasteiger partial charge in [0.25, 0.3) is 11.8 Å². The van der Waals surface area contributed by atoms with Crippen LogP contribution in [-0.2, 0) is 24.1 Å². The molecule has 5 nitrogen and oxygen atoms in total. The van der Waals surface area contributed by atoms with Gasteiger partial charge >= 0.3 is 0 Å². The zero-order valence-corrected chi connectivity index (χ0v) is 18.8. The van der Waals surface area contributed by atoms with Crippen molar-refractivity contribution in [3.63, 3.8) is 0 Å². The van der Waals surface area contributed by atoms with Crippen LogP contribution in [-0.4, -0.2) is 49.4 Å². The quantitative estimate of drug-likeness (QED) is 0.772. The van der Waals surface area contributed by atoms with Crippen LogP contribution in [0, 0.1) is 5.92 Å². The second-order valence-electron chi connectivity index (χ2n) is 8.68. The van der Waals surface area contributed by atoms with Gasteiger partial charge in [-0.05, 0) is 54.9 Å². The van der Waals surface area contributed by atoms with Crippen molar-refractivity contribution in [2.75, 3.05) is 38.0 Å². The number of hydrogen-bond donors (Lipinski definition) is 2. The predicted octanol–water partition coefficient (Wildman–Crippen LogP) is 2.41. The summed E-state index contributed by atoms with van der Waals surface area (Å²) < 4.78 is 0. The molecule has 1 aliphatic carbocycles. The number of rotatable bonds is 5. The summed E-state index contributed by atoms with van der Waals surface area (Å²) in [4.78, 5) is 31.0. The third-order valence-corrected chi connectivity index (χ3v) is 7.61. The van der Waals surface area contributed by atoms with Crippen molar-refractivity contribution >= 4 is 28.8 Å². The SMILES string of the molecule is CCc1ccccc1NC(=O)C[NH+]1CCN(C(=O)c2cc3c(s2)CC[C@H](C)C3)CC1. The van der Waals surface area contributed by atoms with E-state index < -0.39 is 0 Å². The van der Waals surface area contributed by atoms with E-state index in [9.17, 15) is 9.59 Å². The number of nitrogens with one attached hydrogen (secondary N) is 2. The van der Waals surface area contributed by atoms with Gasteiger partial charge in [0.1, 0.15) is 0 Å². The number of nitrogens with zero attached hydrogens (tertiary/aromatic N) is 1. The summed E-state index contributed by atoms with van der Waals surface area (Å²) in [5.74, 6) is 0.936. The molecule has 0 bridgehead atoms. The molecule has 1 aromatic carbocycles. The van der Waals surface area contributed by atoms with Crippen molar-refractivity contribution in [2.24, 2.45) is 5.92 Å². The average Bonchev–Trinajstić information content (AvgIpc) is 3.17. The Kier molecular flexibility index (Phi) is 6.54. The lowest BCUT2D eigenvalue weighted by Crippen LogP contribution is -3.15. The third kappa shape index (κ3) is 4.76. The van der Waals surface area contributed by atoms with Crippen molar-refractivity contribution in [1.82, 2.24) is 4.90 Å². The van der Waals surface area contributed by atoms with Gasteiger partial charge in [0.15, 0.2) is 6.54 Å². The minimum Gasteiger partial charge on any atom is -0.327 e. The first-order valence-electron chi connectivity index (χ1n) is 11.2. The Bertz CT molecular complexity index is 915. The van der Waals surface area contributed by atoms with Gasteiger partial charge in [-0.3, -0.25) is 9.59 Å². The molecule has 2 amide bonds. The van der Waals surface area contributed by atoms with E-state index in [-0.39, 0.29) is 11.8 Å². The van der Waals surface area contributed by atoms with Crippen LogP contribution in [0.1, 0.15) is 45.9 Å². The van der Waals surface area contributed by atoms with E-state index in [1.165, 1.54) is 21.8 Å². The van der Waals surface area contributed by atoms with Crippen LogP contribution in [0.4, 0.5) is 5.69 Å². The van der Waals surface area contributed by atoms with Gasteiger partial charge < -0.3 is 15.1 Å². The summed E-state index contributed by atoms with van der Waals surface area (Å²) in [7, 11) is 0. The van der Waals surface area contributed by atoms with E-state index in [0.717, 1.165) is 54.4 Å². The zero-order chi connectivity index (χ0) is 21.1. The molecule has 30 heavy (non-hydrogen) atoms. The molecule has 2 heterocycles. The fourth-order valence-electron chi connectivity index (χ4n) is 4.54. The van der Waals surface area contributed by atoms with Crippen molar-refractivity contribution < 1.29 is 14.5 Å². The van der Waals surface area contributed by atoms with Crippen LogP contribution < -0.4 is 10.2 Å². The molecule has 0 saturated carbocycles. The van der Waals surface area contributed by atoms with E-state index in [2.05, 4.69) is 31.3 Å². The number of thiophene rings is 1. The van der Waals surface area contributed by atoms with E-state index in [1.807, 2.05) is 23.1 Å². The molecule has 2 N–H and O–H groups in total. The van der Waals surface area contributed by atoms with E-state index in [1.54, 1.807) is 11.3 Å². The summed E-state index contributed by atoms with van der Waals surface area (Å²) in [6.07, 6.45) is 4.35. The van der Waals surface area contributed by atoms with Gasteiger partial charge in [-0.2, -0.15) is 0 Å². The minimum absolute atomic E-state index is 0.0470. The zero-order valence-electron chi connectivity index (χ0n) is 18.0. The molecule has 160 valence electrons. The van der Waals surface area contributed by atoms with Gasteiger partial charge in [0.2, 0.25) is 0 Å². The number of para-hydroxylation sites is 1. The molecule has 1 fully saturated rings. The number of hydrogen-bond acceptors (Lipinski definition) is 3. The summed E-state index contributed by atoms with van der Waals surface area (Å²) in [6, 6.07) is 10.1. The number of carbonyl (C=O) groups is 2. The smallest absolute Gasteiger partial charge is 0.279 e. The molecule has 0 spiro atoms. The minimum atomic E-state index is 0.0470. The lowest BCUT2D eigenvalue weighted by Gasteiger charge is -2.31. The number of quaternary nitrogens is 1. The maximum Gasteiger partial charge on any atom is 0.279 e. The second kappa shape index (κ2) is 9.31. The van der Waals surface area contributed by atoms with Gasteiger partial charge in [0, 0.05) is 10.6 Å². The number of anilines is 1. The molecule has 0 unspecified atom stereocenters. The number of fused-ring (bicyclic) bond motifs is 1. The molecule has 0 radical (unpaired) electrons. The number of aryl methyl sites for hydroxylation is 2. The third-order valence-electron chi connectivity index (χ3n) is 6.38. The fourth-order valence-corrected chi connectivity index (χ4v) is 5.72. The highest BCUT2D eigenvalue weighted by Crippen LogP contribution is 2.32. The van der Waals surface area contributed by atoms with E-state index in [4.69, 9.17) is 0 Å². The van der Waals surface area contributed by atoms with Crippen LogP contribution in [0.25, 0.3) is 0 Å².